The highest BCUT2D eigenvalue weighted by Gasteiger charge is 2.54. The second kappa shape index (κ2) is 4.04. The van der Waals surface area contributed by atoms with E-state index in [-0.39, 0.29) is 0 Å². The van der Waals surface area contributed by atoms with Gasteiger partial charge in [-0.1, -0.05) is 18.2 Å². The Morgan fingerprint density at radius 1 is 1.16 bits per heavy atom. The lowest BCUT2D eigenvalue weighted by atomic mass is 9.95. The second-order valence-electron chi connectivity index (χ2n) is 5.86. The zero-order chi connectivity index (χ0) is 13.7. The van der Waals surface area contributed by atoms with E-state index in [4.69, 9.17) is 9.47 Å². The monoisotopic (exact) mass is 282 g/mol. The molecule has 2 saturated heterocycles. The molecule has 2 heterocycles. The molecule has 0 spiro atoms. The first-order valence-corrected chi connectivity index (χ1v) is 8.01. The van der Waals surface area contributed by atoms with Crippen LogP contribution in [0.25, 0.3) is 0 Å². The molecular weight excluding hydrogens is 264 g/mol. The molecular formula is C14H18O4S. The Morgan fingerprint density at radius 3 is 2.47 bits per heavy atom. The molecule has 2 aliphatic rings. The lowest BCUT2D eigenvalue weighted by molar-refractivity contribution is -0.194. The van der Waals surface area contributed by atoms with Crippen molar-refractivity contribution < 1.29 is 17.9 Å². The van der Waals surface area contributed by atoms with E-state index in [0.717, 1.165) is 0 Å². The summed E-state index contributed by atoms with van der Waals surface area (Å²) in [5, 5.41) is -0.443. The summed E-state index contributed by atoms with van der Waals surface area (Å²) in [6.07, 6.45) is 0.875. The Kier molecular flexibility index (Phi) is 2.78. The number of hydrogen-bond donors (Lipinski definition) is 0. The van der Waals surface area contributed by atoms with Crippen molar-refractivity contribution in [1.82, 2.24) is 0 Å². The van der Waals surface area contributed by atoms with Crippen LogP contribution in [-0.2, 0) is 19.3 Å². The van der Waals surface area contributed by atoms with Gasteiger partial charge < -0.3 is 9.47 Å². The molecule has 0 radical (unpaired) electrons. The molecule has 5 heteroatoms. The summed E-state index contributed by atoms with van der Waals surface area (Å²) >= 11 is 0. The summed E-state index contributed by atoms with van der Waals surface area (Å²) in [5.41, 5.74) is -0.487. The van der Waals surface area contributed by atoms with Gasteiger partial charge in [-0.05, 0) is 32.4 Å². The zero-order valence-corrected chi connectivity index (χ0v) is 11.9. The fraction of sp³-hybridized carbons (Fsp3) is 0.571. The van der Waals surface area contributed by atoms with Crippen molar-refractivity contribution in [2.75, 3.05) is 6.61 Å². The fourth-order valence-electron chi connectivity index (χ4n) is 3.08. The van der Waals surface area contributed by atoms with Gasteiger partial charge >= 0.3 is 0 Å². The first-order chi connectivity index (χ1) is 8.83. The Balaban J connectivity index is 1.95. The molecule has 3 atom stereocenters. The van der Waals surface area contributed by atoms with E-state index in [1.54, 1.807) is 24.3 Å². The van der Waals surface area contributed by atoms with Crippen molar-refractivity contribution in [3.05, 3.63) is 30.3 Å². The van der Waals surface area contributed by atoms with Gasteiger partial charge in [0.15, 0.2) is 15.6 Å². The smallest absolute Gasteiger partial charge is 0.181 e. The molecule has 1 aromatic carbocycles. The molecule has 2 aliphatic heterocycles. The van der Waals surface area contributed by atoms with Crippen LogP contribution >= 0.6 is 0 Å². The van der Waals surface area contributed by atoms with Crippen molar-refractivity contribution in [1.29, 1.82) is 0 Å². The highest BCUT2D eigenvalue weighted by Crippen LogP contribution is 2.45. The maximum absolute atomic E-state index is 12.7. The Labute approximate surface area is 113 Å². The predicted molar refractivity (Wildman–Crippen MR) is 70.5 cm³/mol. The zero-order valence-electron chi connectivity index (χ0n) is 11.1. The van der Waals surface area contributed by atoms with Crippen molar-refractivity contribution in [2.24, 2.45) is 0 Å². The maximum Gasteiger partial charge on any atom is 0.181 e. The number of benzene rings is 1. The van der Waals surface area contributed by atoms with Crippen LogP contribution in [0.4, 0.5) is 0 Å². The number of ether oxygens (including phenoxy) is 2. The molecule has 0 N–H and O–H groups in total. The van der Waals surface area contributed by atoms with E-state index in [1.807, 2.05) is 19.9 Å². The quantitative estimate of drug-likeness (QED) is 0.834. The predicted octanol–water partition coefficient (Wildman–Crippen LogP) is 2.14. The largest absolute Gasteiger partial charge is 0.347 e. The number of fused-ring (bicyclic) bond motifs is 2. The number of rotatable bonds is 2. The molecule has 0 aliphatic carbocycles. The Bertz CT molecular complexity index is 565. The maximum atomic E-state index is 12.7. The minimum absolute atomic E-state index is 0.383. The first kappa shape index (κ1) is 13.1. The highest BCUT2D eigenvalue weighted by atomic mass is 32.2. The summed E-state index contributed by atoms with van der Waals surface area (Å²) in [6, 6.07) is 8.62. The van der Waals surface area contributed by atoms with Gasteiger partial charge in [0.25, 0.3) is 0 Å². The summed E-state index contributed by atoms with van der Waals surface area (Å²) in [7, 11) is -3.32. The molecule has 0 aromatic heterocycles. The van der Waals surface area contributed by atoms with Gasteiger partial charge in [0.05, 0.1) is 22.4 Å². The van der Waals surface area contributed by atoms with Gasteiger partial charge in [0.1, 0.15) is 0 Å². The summed E-state index contributed by atoms with van der Waals surface area (Å²) < 4.78 is 36.8. The molecule has 0 amide bonds. The average molecular weight is 282 g/mol. The van der Waals surface area contributed by atoms with E-state index in [0.29, 0.717) is 24.3 Å². The molecule has 3 rings (SSSR count). The van der Waals surface area contributed by atoms with Crippen molar-refractivity contribution in [3.8, 4) is 0 Å². The molecule has 2 bridgehead atoms. The van der Waals surface area contributed by atoms with Crippen LogP contribution in [0, 0.1) is 0 Å². The molecule has 2 unspecified atom stereocenters. The van der Waals surface area contributed by atoms with Crippen LogP contribution in [0.3, 0.4) is 0 Å². The molecule has 2 fully saturated rings. The minimum Gasteiger partial charge on any atom is -0.347 e. The third kappa shape index (κ3) is 2.20. The first-order valence-electron chi connectivity index (χ1n) is 6.46. The van der Waals surface area contributed by atoms with Crippen molar-refractivity contribution >= 4 is 9.84 Å². The third-order valence-electron chi connectivity index (χ3n) is 3.91. The van der Waals surface area contributed by atoms with Crippen molar-refractivity contribution in [2.45, 2.75) is 48.2 Å². The van der Waals surface area contributed by atoms with E-state index >= 15 is 0 Å². The standard InChI is InChI=1S/C14H18O4S/c1-13-8-12(9-14(2,18-13)17-10-13)19(15,16)11-6-4-3-5-7-11/h3-7,12H,8-10H2,1-2H3/t12?,13?,14-/m1/s1. The van der Waals surface area contributed by atoms with Crippen LogP contribution in [-0.4, -0.2) is 31.7 Å². The molecule has 104 valence electrons. The third-order valence-corrected chi connectivity index (χ3v) is 6.05. The van der Waals surface area contributed by atoms with Crippen LogP contribution in [0.1, 0.15) is 26.7 Å². The second-order valence-corrected chi connectivity index (χ2v) is 8.09. The van der Waals surface area contributed by atoms with Gasteiger partial charge in [0.2, 0.25) is 0 Å². The molecule has 4 nitrogen and oxygen atoms in total. The summed E-state index contributed by atoms with van der Waals surface area (Å²) in [4.78, 5) is 0.383. The highest BCUT2D eigenvalue weighted by molar-refractivity contribution is 7.92. The molecule has 19 heavy (non-hydrogen) atoms. The number of sulfone groups is 1. The summed E-state index contributed by atoms with van der Waals surface area (Å²) in [6.45, 7) is 4.21. The van der Waals surface area contributed by atoms with Gasteiger partial charge in [-0.3, -0.25) is 0 Å². The van der Waals surface area contributed by atoms with Crippen LogP contribution in [0.15, 0.2) is 35.2 Å². The van der Waals surface area contributed by atoms with Gasteiger partial charge in [-0.2, -0.15) is 0 Å². The van der Waals surface area contributed by atoms with Gasteiger partial charge in [-0.15, -0.1) is 0 Å². The Hall–Kier alpha value is -0.910. The lowest BCUT2D eigenvalue weighted by Crippen LogP contribution is -2.46. The molecule has 1 aromatic rings. The van der Waals surface area contributed by atoms with E-state index in [9.17, 15) is 8.42 Å². The number of hydrogen-bond acceptors (Lipinski definition) is 4. The van der Waals surface area contributed by atoms with E-state index in [1.165, 1.54) is 0 Å². The van der Waals surface area contributed by atoms with Crippen molar-refractivity contribution in [3.63, 3.8) is 0 Å². The van der Waals surface area contributed by atoms with Gasteiger partial charge in [0, 0.05) is 6.42 Å². The van der Waals surface area contributed by atoms with E-state index in [2.05, 4.69) is 0 Å². The summed E-state index contributed by atoms with van der Waals surface area (Å²) in [5.74, 6) is -0.764. The SMILES string of the molecule is CC12CO[C@@](C)(CC(S(=O)(=O)c3ccccc3)C1)O2. The van der Waals surface area contributed by atoms with Crippen LogP contribution < -0.4 is 0 Å². The van der Waals surface area contributed by atoms with Crippen LogP contribution in [0.2, 0.25) is 0 Å². The lowest BCUT2D eigenvalue weighted by Gasteiger charge is -2.38. The van der Waals surface area contributed by atoms with E-state index < -0.39 is 26.5 Å². The van der Waals surface area contributed by atoms with Gasteiger partial charge in [-0.25, -0.2) is 8.42 Å². The fourth-order valence-corrected chi connectivity index (χ4v) is 5.09. The normalized spacial score (nSPS) is 38.3. The molecule has 0 saturated carbocycles. The minimum atomic E-state index is -3.32. The topological polar surface area (TPSA) is 52.6 Å². The van der Waals surface area contributed by atoms with Crippen LogP contribution in [0.5, 0.6) is 0 Å². The average Bonchev–Trinajstić information content (AvgIpc) is 2.59. The Morgan fingerprint density at radius 2 is 1.84 bits per heavy atom.